The largest absolute Gasteiger partial charge is 0.338 e. The number of nitrogens with one attached hydrogen (secondary N) is 2. The summed E-state index contributed by atoms with van der Waals surface area (Å²) in [7, 11) is 0. The van der Waals surface area contributed by atoms with E-state index in [0.29, 0.717) is 6.04 Å². The molecule has 0 aromatic rings. The van der Waals surface area contributed by atoms with E-state index in [4.69, 9.17) is 0 Å². The molecule has 1 unspecified atom stereocenters. The first-order valence-corrected chi connectivity index (χ1v) is 7.04. The lowest BCUT2D eigenvalue weighted by Gasteiger charge is -2.25. The number of carbonyl (C=O) groups excluding carboxylic acids is 1. The fourth-order valence-electron chi connectivity index (χ4n) is 2.21. The molecule has 17 heavy (non-hydrogen) atoms. The lowest BCUT2D eigenvalue weighted by atomic mass is 10.2. The number of amides is 2. The molecule has 1 heterocycles. The highest BCUT2D eigenvalue weighted by molar-refractivity contribution is 5.74. The van der Waals surface area contributed by atoms with Crippen LogP contribution in [0, 0.1) is 0 Å². The Morgan fingerprint density at radius 3 is 2.82 bits per heavy atom. The summed E-state index contributed by atoms with van der Waals surface area (Å²) in [6.07, 6.45) is 5.64. The zero-order valence-corrected chi connectivity index (χ0v) is 11.3. The molecule has 1 atom stereocenters. The molecule has 1 aliphatic heterocycles. The Morgan fingerprint density at radius 1 is 1.41 bits per heavy atom. The molecule has 0 aromatic carbocycles. The number of unbranched alkanes of at least 4 members (excludes halogenated alkanes) is 1. The topological polar surface area (TPSA) is 44.4 Å². The van der Waals surface area contributed by atoms with Gasteiger partial charge >= 0.3 is 6.03 Å². The zero-order valence-electron chi connectivity index (χ0n) is 11.3. The Morgan fingerprint density at radius 2 is 2.24 bits per heavy atom. The third-order valence-corrected chi connectivity index (χ3v) is 3.19. The van der Waals surface area contributed by atoms with Gasteiger partial charge in [-0.05, 0) is 32.2 Å². The second kappa shape index (κ2) is 8.34. The normalized spacial score (nSPS) is 19.3. The number of rotatable bonds is 7. The molecule has 1 aliphatic rings. The predicted molar refractivity (Wildman–Crippen MR) is 71.2 cm³/mol. The molecule has 2 N–H and O–H groups in total. The van der Waals surface area contributed by atoms with E-state index >= 15 is 0 Å². The number of urea groups is 1. The lowest BCUT2D eigenvalue weighted by molar-refractivity contribution is 0.192. The summed E-state index contributed by atoms with van der Waals surface area (Å²) in [5, 5.41) is 6.45. The zero-order chi connectivity index (χ0) is 12.5. The molecule has 1 saturated heterocycles. The van der Waals surface area contributed by atoms with Crippen LogP contribution in [0.3, 0.4) is 0 Å². The first kappa shape index (κ1) is 14.3. The summed E-state index contributed by atoms with van der Waals surface area (Å²) in [5.41, 5.74) is 0. The minimum absolute atomic E-state index is 0.106. The second-order valence-corrected chi connectivity index (χ2v) is 4.82. The summed E-state index contributed by atoms with van der Waals surface area (Å²) in [6, 6.07) is 0.604. The van der Waals surface area contributed by atoms with E-state index in [1.807, 2.05) is 4.90 Å². The van der Waals surface area contributed by atoms with E-state index in [1.54, 1.807) is 0 Å². The molecule has 0 bridgehead atoms. The molecule has 4 heteroatoms. The van der Waals surface area contributed by atoms with Gasteiger partial charge in [0, 0.05) is 25.7 Å². The molecule has 0 spiro atoms. The maximum atomic E-state index is 12.0. The van der Waals surface area contributed by atoms with Crippen LogP contribution >= 0.6 is 0 Å². The third-order valence-electron chi connectivity index (χ3n) is 3.19. The average molecular weight is 241 g/mol. The van der Waals surface area contributed by atoms with Crippen LogP contribution in [0.15, 0.2) is 0 Å². The van der Waals surface area contributed by atoms with Crippen LogP contribution in [0.5, 0.6) is 0 Å². The maximum Gasteiger partial charge on any atom is 0.317 e. The van der Waals surface area contributed by atoms with Gasteiger partial charge in [0.05, 0.1) is 0 Å². The van der Waals surface area contributed by atoms with Gasteiger partial charge in [-0.2, -0.15) is 0 Å². The van der Waals surface area contributed by atoms with E-state index in [-0.39, 0.29) is 6.03 Å². The van der Waals surface area contributed by atoms with Crippen LogP contribution in [0.25, 0.3) is 0 Å². The van der Waals surface area contributed by atoms with Gasteiger partial charge in [0.2, 0.25) is 0 Å². The number of hydrogen-bond acceptors (Lipinski definition) is 2. The summed E-state index contributed by atoms with van der Waals surface area (Å²) < 4.78 is 0. The molecule has 0 aliphatic carbocycles. The van der Waals surface area contributed by atoms with Crippen LogP contribution in [0.2, 0.25) is 0 Å². The Balaban J connectivity index is 2.31. The standard InChI is InChI=1S/C13H27N3O/c1-3-5-8-15-13(17)16(10-4-2)11-12-7-6-9-14-12/h12,14H,3-11H2,1-2H3,(H,15,17). The van der Waals surface area contributed by atoms with Crippen molar-refractivity contribution in [2.24, 2.45) is 0 Å². The predicted octanol–water partition coefficient (Wildman–Crippen LogP) is 1.96. The highest BCUT2D eigenvalue weighted by atomic mass is 16.2. The summed E-state index contributed by atoms with van der Waals surface area (Å²) >= 11 is 0. The quantitative estimate of drug-likeness (QED) is 0.669. The van der Waals surface area contributed by atoms with E-state index in [9.17, 15) is 4.79 Å². The monoisotopic (exact) mass is 241 g/mol. The van der Waals surface area contributed by atoms with Crippen molar-refractivity contribution in [1.82, 2.24) is 15.5 Å². The van der Waals surface area contributed by atoms with Crippen LogP contribution in [0.4, 0.5) is 4.79 Å². The van der Waals surface area contributed by atoms with Crippen LogP contribution in [-0.4, -0.2) is 43.2 Å². The highest BCUT2D eigenvalue weighted by Gasteiger charge is 2.20. The molecule has 100 valence electrons. The van der Waals surface area contributed by atoms with Gasteiger partial charge in [0.15, 0.2) is 0 Å². The van der Waals surface area contributed by atoms with Crippen molar-refractivity contribution in [1.29, 1.82) is 0 Å². The smallest absolute Gasteiger partial charge is 0.317 e. The number of carbonyl (C=O) groups is 1. The van der Waals surface area contributed by atoms with Gasteiger partial charge in [-0.15, -0.1) is 0 Å². The van der Waals surface area contributed by atoms with Crippen molar-refractivity contribution < 1.29 is 4.79 Å². The maximum absolute atomic E-state index is 12.0. The highest BCUT2D eigenvalue weighted by Crippen LogP contribution is 2.07. The Labute approximate surface area is 105 Å². The first-order chi connectivity index (χ1) is 8.27. The van der Waals surface area contributed by atoms with Crippen molar-refractivity contribution in [3.63, 3.8) is 0 Å². The minimum Gasteiger partial charge on any atom is -0.338 e. The molecule has 0 radical (unpaired) electrons. The lowest BCUT2D eigenvalue weighted by Crippen LogP contribution is -2.46. The van der Waals surface area contributed by atoms with Crippen molar-refractivity contribution in [3.8, 4) is 0 Å². The fourth-order valence-corrected chi connectivity index (χ4v) is 2.21. The summed E-state index contributed by atoms with van der Waals surface area (Å²) in [6.45, 7) is 7.87. The number of hydrogen-bond donors (Lipinski definition) is 2. The fraction of sp³-hybridized carbons (Fsp3) is 0.923. The van der Waals surface area contributed by atoms with E-state index in [0.717, 1.165) is 45.4 Å². The average Bonchev–Trinajstić information content (AvgIpc) is 2.81. The van der Waals surface area contributed by atoms with Gasteiger partial charge in [0.25, 0.3) is 0 Å². The van der Waals surface area contributed by atoms with Crippen molar-refractivity contribution >= 4 is 6.03 Å². The molecule has 0 aromatic heterocycles. The van der Waals surface area contributed by atoms with Crippen LogP contribution in [0.1, 0.15) is 46.0 Å². The minimum atomic E-state index is 0.106. The Bertz CT molecular complexity index is 215. The van der Waals surface area contributed by atoms with Crippen molar-refractivity contribution in [3.05, 3.63) is 0 Å². The molecule has 1 rings (SSSR count). The summed E-state index contributed by atoms with van der Waals surface area (Å²) in [5.74, 6) is 0. The van der Waals surface area contributed by atoms with Gasteiger partial charge in [-0.3, -0.25) is 0 Å². The second-order valence-electron chi connectivity index (χ2n) is 4.82. The molecular formula is C13H27N3O. The van der Waals surface area contributed by atoms with Gasteiger partial charge in [-0.25, -0.2) is 4.79 Å². The SMILES string of the molecule is CCCCNC(=O)N(CCC)CC1CCCN1. The molecule has 1 fully saturated rings. The number of nitrogens with zero attached hydrogens (tertiary/aromatic N) is 1. The van der Waals surface area contributed by atoms with Crippen LogP contribution < -0.4 is 10.6 Å². The first-order valence-electron chi connectivity index (χ1n) is 7.04. The van der Waals surface area contributed by atoms with Crippen LogP contribution in [-0.2, 0) is 0 Å². The van der Waals surface area contributed by atoms with Crippen molar-refractivity contribution in [2.75, 3.05) is 26.2 Å². The van der Waals surface area contributed by atoms with E-state index in [2.05, 4.69) is 24.5 Å². The van der Waals surface area contributed by atoms with E-state index in [1.165, 1.54) is 12.8 Å². The van der Waals surface area contributed by atoms with Gasteiger partial charge in [-0.1, -0.05) is 20.3 Å². The van der Waals surface area contributed by atoms with Crippen molar-refractivity contribution in [2.45, 2.75) is 52.0 Å². The Hall–Kier alpha value is -0.770. The molecule has 0 saturated carbocycles. The summed E-state index contributed by atoms with van der Waals surface area (Å²) in [4.78, 5) is 13.9. The Kier molecular flexibility index (Phi) is 7.01. The molecule has 2 amide bonds. The van der Waals surface area contributed by atoms with Gasteiger partial charge in [0.1, 0.15) is 0 Å². The third kappa shape index (κ3) is 5.39. The molecular weight excluding hydrogens is 214 g/mol. The van der Waals surface area contributed by atoms with Gasteiger partial charge < -0.3 is 15.5 Å². The van der Waals surface area contributed by atoms with E-state index < -0.39 is 0 Å². The molecule has 4 nitrogen and oxygen atoms in total.